The van der Waals surface area contributed by atoms with Crippen LogP contribution in [0.4, 0.5) is 10.6 Å². The summed E-state index contributed by atoms with van der Waals surface area (Å²) in [6.07, 6.45) is 1.67. The van der Waals surface area contributed by atoms with Crippen molar-refractivity contribution in [3.8, 4) is 0 Å². The van der Waals surface area contributed by atoms with Crippen LogP contribution in [0.1, 0.15) is 18.5 Å². The number of urea groups is 1. The van der Waals surface area contributed by atoms with E-state index >= 15 is 0 Å². The number of hydrogen-bond acceptors (Lipinski definition) is 2. The average molecular weight is 304 g/mol. The van der Waals surface area contributed by atoms with Gasteiger partial charge in [-0.05, 0) is 36.8 Å². The Bertz CT molecular complexity index is 601. The monoisotopic (exact) mass is 303 g/mol. The lowest BCUT2D eigenvalue weighted by Crippen LogP contribution is -2.40. The first-order chi connectivity index (χ1) is 10.0. The molecule has 4 nitrogen and oxygen atoms in total. The van der Waals surface area contributed by atoms with Crippen molar-refractivity contribution in [1.29, 1.82) is 0 Å². The van der Waals surface area contributed by atoms with Crippen molar-refractivity contribution in [3.63, 3.8) is 0 Å². The van der Waals surface area contributed by atoms with E-state index in [-0.39, 0.29) is 12.1 Å². The molecule has 110 valence electrons. The second kappa shape index (κ2) is 6.59. The minimum absolute atomic E-state index is 0.0547. The molecule has 0 aliphatic rings. The number of anilines is 1. The minimum Gasteiger partial charge on any atom is -0.321 e. The number of halogens is 1. The van der Waals surface area contributed by atoms with Crippen molar-refractivity contribution in [2.24, 2.45) is 0 Å². The van der Waals surface area contributed by atoms with E-state index in [0.717, 1.165) is 5.56 Å². The van der Waals surface area contributed by atoms with Crippen LogP contribution < -0.4 is 4.90 Å². The van der Waals surface area contributed by atoms with E-state index in [1.807, 2.05) is 43.3 Å². The normalized spacial score (nSPS) is 11.8. The summed E-state index contributed by atoms with van der Waals surface area (Å²) in [4.78, 5) is 19.9. The molecule has 0 spiro atoms. The fourth-order valence-corrected chi connectivity index (χ4v) is 2.14. The summed E-state index contributed by atoms with van der Waals surface area (Å²) in [5.41, 5.74) is 1.03. The molecule has 0 bridgehead atoms. The highest BCUT2D eigenvalue weighted by Gasteiger charge is 2.21. The predicted octanol–water partition coefficient (Wildman–Crippen LogP) is 3.98. The Hall–Kier alpha value is -2.07. The number of carbonyl (C=O) groups excluding carboxylic acids is 1. The maximum Gasteiger partial charge on any atom is 0.325 e. The smallest absolute Gasteiger partial charge is 0.321 e. The van der Waals surface area contributed by atoms with E-state index in [1.54, 1.807) is 31.3 Å². The molecule has 0 radical (unpaired) electrons. The number of hydrogen-bond donors (Lipinski definition) is 0. The molecule has 0 aliphatic heterocycles. The average Bonchev–Trinajstić information content (AvgIpc) is 2.53. The lowest BCUT2D eigenvalue weighted by atomic mass is 10.1. The molecule has 1 atom stereocenters. The maximum absolute atomic E-state index is 12.5. The Kier molecular flexibility index (Phi) is 4.81. The van der Waals surface area contributed by atoms with E-state index in [0.29, 0.717) is 10.8 Å². The van der Waals surface area contributed by atoms with E-state index in [9.17, 15) is 4.79 Å². The van der Waals surface area contributed by atoms with Gasteiger partial charge < -0.3 is 4.90 Å². The molecule has 1 heterocycles. The van der Waals surface area contributed by atoms with Crippen LogP contribution in [0.2, 0.25) is 5.02 Å². The fraction of sp³-hybridized carbons (Fsp3) is 0.250. The molecule has 2 rings (SSSR count). The van der Waals surface area contributed by atoms with Gasteiger partial charge in [0.15, 0.2) is 0 Å². The van der Waals surface area contributed by atoms with Crippen LogP contribution in [0.5, 0.6) is 0 Å². The summed E-state index contributed by atoms with van der Waals surface area (Å²) in [5, 5.41) is 0.686. The van der Waals surface area contributed by atoms with Crippen molar-refractivity contribution in [3.05, 3.63) is 59.2 Å². The van der Waals surface area contributed by atoms with Gasteiger partial charge in [0.2, 0.25) is 0 Å². The first kappa shape index (κ1) is 15.3. The molecule has 0 aliphatic carbocycles. The zero-order valence-corrected chi connectivity index (χ0v) is 13.1. The van der Waals surface area contributed by atoms with Gasteiger partial charge >= 0.3 is 6.03 Å². The van der Waals surface area contributed by atoms with Gasteiger partial charge in [0, 0.05) is 25.3 Å². The summed E-state index contributed by atoms with van der Waals surface area (Å²) in [6.45, 7) is 1.98. The van der Waals surface area contributed by atoms with Gasteiger partial charge in [-0.1, -0.05) is 29.8 Å². The summed E-state index contributed by atoms with van der Waals surface area (Å²) in [7, 11) is 3.50. The molecular weight excluding hydrogens is 286 g/mol. The predicted molar refractivity (Wildman–Crippen MR) is 85.7 cm³/mol. The molecule has 0 saturated carbocycles. The van der Waals surface area contributed by atoms with Crippen LogP contribution in [0, 0.1) is 0 Å². The molecule has 1 aromatic carbocycles. The van der Waals surface area contributed by atoms with Gasteiger partial charge in [0.05, 0.1) is 6.04 Å². The topological polar surface area (TPSA) is 36.4 Å². The highest BCUT2D eigenvalue weighted by Crippen LogP contribution is 2.22. The third kappa shape index (κ3) is 3.52. The number of benzene rings is 1. The lowest BCUT2D eigenvalue weighted by molar-refractivity contribution is 0.202. The standard InChI is InChI=1S/C16H18ClN3O/c1-12(13-7-9-14(17)10-8-13)19(2)16(21)20(3)15-6-4-5-11-18-15/h4-12H,1-3H3/t12-/m1/s1. The Morgan fingerprint density at radius 1 is 1.14 bits per heavy atom. The van der Waals surface area contributed by atoms with Crippen LogP contribution in [0.3, 0.4) is 0 Å². The Morgan fingerprint density at radius 3 is 2.38 bits per heavy atom. The van der Waals surface area contributed by atoms with Crippen LogP contribution in [-0.4, -0.2) is 30.0 Å². The summed E-state index contributed by atoms with van der Waals surface area (Å²) in [6, 6.07) is 12.8. The van der Waals surface area contributed by atoms with Gasteiger partial charge in [-0.3, -0.25) is 4.90 Å². The number of pyridine rings is 1. The van der Waals surface area contributed by atoms with Crippen LogP contribution in [-0.2, 0) is 0 Å². The molecule has 1 aromatic heterocycles. The summed E-state index contributed by atoms with van der Waals surface area (Å²) >= 11 is 5.89. The molecule has 2 amide bonds. The zero-order chi connectivity index (χ0) is 15.4. The van der Waals surface area contributed by atoms with Crippen molar-refractivity contribution < 1.29 is 4.79 Å². The summed E-state index contributed by atoms with van der Waals surface area (Å²) in [5.74, 6) is 0.623. The molecular formula is C16H18ClN3O. The highest BCUT2D eigenvalue weighted by atomic mass is 35.5. The molecule has 0 saturated heterocycles. The number of amides is 2. The minimum atomic E-state index is -0.115. The number of rotatable bonds is 3. The van der Waals surface area contributed by atoms with Gasteiger partial charge in [0.1, 0.15) is 5.82 Å². The van der Waals surface area contributed by atoms with Crippen LogP contribution in [0.25, 0.3) is 0 Å². The summed E-state index contributed by atoms with van der Waals surface area (Å²) < 4.78 is 0. The first-order valence-corrected chi connectivity index (χ1v) is 7.05. The van der Waals surface area contributed by atoms with E-state index in [2.05, 4.69) is 4.98 Å². The number of carbonyl (C=O) groups is 1. The number of nitrogens with zero attached hydrogens (tertiary/aromatic N) is 3. The maximum atomic E-state index is 12.5. The Morgan fingerprint density at radius 2 is 1.81 bits per heavy atom. The fourth-order valence-electron chi connectivity index (χ4n) is 2.02. The Labute approximate surface area is 130 Å². The van der Waals surface area contributed by atoms with Crippen molar-refractivity contribution in [2.75, 3.05) is 19.0 Å². The van der Waals surface area contributed by atoms with Gasteiger partial charge in [-0.2, -0.15) is 0 Å². The highest BCUT2D eigenvalue weighted by molar-refractivity contribution is 6.30. The van der Waals surface area contributed by atoms with Crippen LogP contribution in [0.15, 0.2) is 48.7 Å². The van der Waals surface area contributed by atoms with E-state index in [1.165, 1.54) is 4.90 Å². The molecule has 5 heteroatoms. The lowest BCUT2D eigenvalue weighted by Gasteiger charge is -2.29. The SMILES string of the molecule is C[C@H](c1ccc(Cl)cc1)N(C)C(=O)N(C)c1ccccn1. The number of aromatic nitrogens is 1. The largest absolute Gasteiger partial charge is 0.325 e. The third-order valence-electron chi connectivity index (χ3n) is 3.51. The van der Waals surface area contributed by atoms with E-state index < -0.39 is 0 Å². The molecule has 0 N–H and O–H groups in total. The molecule has 0 fully saturated rings. The second-order valence-corrected chi connectivity index (χ2v) is 5.30. The molecule has 2 aromatic rings. The quantitative estimate of drug-likeness (QED) is 0.860. The first-order valence-electron chi connectivity index (χ1n) is 6.67. The van der Waals surface area contributed by atoms with Crippen molar-refractivity contribution >= 4 is 23.4 Å². The van der Waals surface area contributed by atoms with Crippen molar-refractivity contribution in [1.82, 2.24) is 9.88 Å². The van der Waals surface area contributed by atoms with Crippen LogP contribution >= 0.6 is 11.6 Å². The third-order valence-corrected chi connectivity index (χ3v) is 3.77. The van der Waals surface area contributed by atoms with Crippen molar-refractivity contribution in [2.45, 2.75) is 13.0 Å². The van der Waals surface area contributed by atoms with E-state index in [4.69, 9.17) is 11.6 Å². The van der Waals surface area contributed by atoms with Gasteiger partial charge in [-0.25, -0.2) is 9.78 Å². The van der Waals surface area contributed by atoms with Gasteiger partial charge in [-0.15, -0.1) is 0 Å². The van der Waals surface area contributed by atoms with Gasteiger partial charge in [0.25, 0.3) is 0 Å². The Balaban J connectivity index is 2.13. The molecule has 0 unspecified atom stereocenters. The second-order valence-electron chi connectivity index (χ2n) is 4.87. The molecule has 21 heavy (non-hydrogen) atoms. The zero-order valence-electron chi connectivity index (χ0n) is 12.3.